The van der Waals surface area contributed by atoms with Crippen molar-refractivity contribution in [3.63, 3.8) is 0 Å². The first-order valence-electron chi connectivity index (χ1n) is 7.20. The zero-order valence-corrected chi connectivity index (χ0v) is 16.0. The average molecular weight is 405 g/mol. The molecule has 0 spiro atoms. The molecule has 0 aliphatic carbocycles. The Morgan fingerprint density at radius 2 is 1.95 bits per heavy atom. The van der Waals surface area contributed by atoms with Crippen LogP contribution in [0.15, 0.2) is 29.3 Å². The molecule has 0 unspecified atom stereocenters. The highest BCUT2D eigenvalue weighted by molar-refractivity contribution is 14.0. The molecule has 21 heavy (non-hydrogen) atoms. The van der Waals surface area contributed by atoms with Crippen LogP contribution in [-0.2, 0) is 6.54 Å². The lowest BCUT2D eigenvalue weighted by Gasteiger charge is -2.15. The Labute approximate surface area is 145 Å². The fraction of sp³-hybridized carbons (Fsp3) is 0.562. The Balaban J connectivity index is 0.00000400. The van der Waals surface area contributed by atoms with Crippen LogP contribution in [-0.4, -0.2) is 25.7 Å². The number of nitrogens with one attached hydrogen (secondary N) is 2. The highest BCUT2D eigenvalue weighted by Crippen LogP contribution is 2.14. The van der Waals surface area contributed by atoms with Crippen LogP contribution in [0.3, 0.4) is 0 Å². The van der Waals surface area contributed by atoms with Gasteiger partial charge >= 0.3 is 0 Å². The van der Waals surface area contributed by atoms with Crippen molar-refractivity contribution in [2.75, 3.05) is 13.7 Å². The number of hydrogen-bond acceptors (Lipinski definition) is 2. The smallest absolute Gasteiger partial charge is 0.191 e. The van der Waals surface area contributed by atoms with Gasteiger partial charge in [-0.05, 0) is 37.5 Å². The topological polar surface area (TPSA) is 45.7 Å². The van der Waals surface area contributed by atoms with Crippen LogP contribution in [0.4, 0.5) is 0 Å². The van der Waals surface area contributed by atoms with Gasteiger partial charge in [0, 0.05) is 19.6 Å². The second kappa shape index (κ2) is 10.7. The lowest BCUT2D eigenvalue weighted by atomic mass is 10.2. The molecule has 0 aromatic heterocycles. The van der Waals surface area contributed by atoms with E-state index < -0.39 is 0 Å². The molecular weight excluding hydrogens is 377 g/mol. The van der Waals surface area contributed by atoms with Crippen LogP contribution < -0.4 is 15.4 Å². The average Bonchev–Trinajstić information content (AvgIpc) is 2.41. The number of benzene rings is 1. The third kappa shape index (κ3) is 8.80. The molecule has 4 nitrogen and oxygen atoms in total. The summed E-state index contributed by atoms with van der Waals surface area (Å²) in [5.74, 6) is 2.27. The lowest BCUT2D eigenvalue weighted by Crippen LogP contribution is -2.40. The van der Waals surface area contributed by atoms with E-state index in [0.717, 1.165) is 24.9 Å². The van der Waals surface area contributed by atoms with E-state index in [9.17, 15) is 0 Å². The SMILES string of the molecule is CN=C(NCc1cccc(OCC(C)C)c1)NC(C)C.I. The van der Waals surface area contributed by atoms with Crippen molar-refractivity contribution in [3.05, 3.63) is 29.8 Å². The van der Waals surface area contributed by atoms with Gasteiger partial charge in [-0.3, -0.25) is 4.99 Å². The van der Waals surface area contributed by atoms with Gasteiger partial charge in [0.05, 0.1) is 6.61 Å². The van der Waals surface area contributed by atoms with E-state index in [1.807, 2.05) is 12.1 Å². The maximum atomic E-state index is 5.73. The number of aliphatic imine (C=N–C) groups is 1. The van der Waals surface area contributed by atoms with Gasteiger partial charge < -0.3 is 15.4 Å². The molecule has 0 atom stereocenters. The molecule has 1 aromatic carbocycles. The van der Waals surface area contributed by atoms with E-state index in [1.54, 1.807) is 7.05 Å². The van der Waals surface area contributed by atoms with Crippen LogP contribution in [0, 0.1) is 5.92 Å². The minimum absolute atomic E-state index is 0. The second-order valence-corrected chi connectivity index (χ2v) is 5.58. The van der Waals surface area contributed by atoms with E-state index in [-0.39, 0.29) is 24.0 Å². The summed E-state index contributed by atoms with van der Waals surface area (Å²) in [5.41, 5.74) is 1.18. The predicted octanol–water partition coefficient (Wildman–Crippen LogP) is 3.41. The largest absolute Gasteiger partial charge is 0.493 e. The zero-order chi connectivity index (χ0) is 15.0. The Bertz CT molecular complexity index is 433. The lowest BCUT2D eigenvalue weighted by molar-refractivity contribution is 0.271. The first-order chi connectivity index (χ1) is 9.51. The molecule has 0 saturated heterocycles. The van der Waals surface area contributed by atoms with Crippen LogP contribution in [0.25, 0.3) is 0 Å². The molecule has 1 rings (SSSR count). The predicted molar refractivity (Wildman–Crippen MR) is 101 cm³/mol. The molecule has 0 saturated carbocycles. The van der Waals surface area contributed by atoms with Crippen molar-refractivity contribution >= 4 is 29.9 Å². The van der Waals surface area contributed by atoms with Crippen LogP contribution in [0.5, 0.6) is 5.75 Å². The first-order valence-corrected chi connectivity index (χ1v) is 7.20. The highest BCUT2D eigenvalue weighted by atomic mass is 127. The molecule has 0 fully saturated rings. The summed E-state index contributed by atoms with van der Waals surface area (Å²) in [6.07, 6.45) is 0. The van der Waals surface area contributed by atoms with E-state index in [4.69, 9.17) is 4.74 Å². The van der Waals surface area contributed by atoms with Gasteiger partial charge in [-0.25, -0.2) is 0 Å². The maximum Gasteiger partial charge on any atom is 0.191 e. The van der Waals surface area contributed by atoms with Gasteiger partial charge in [0.1, 0.15) is 5.75 Å². The van der Waals surface area contributed by atoms with Crippen molar-refractivity contribution in [1.82, 2.24) is 10.6 Å². The molecule has 1 aromatic rings. The summed E-state index contributed by atoms with van der Waals surface area (Å²) in [4.78, 5) is 4.19. The number of guanidine groups is 1. The normalized spacial score (nSPS) is 11.3. The molecular formula is C16H28IN3O. The van der Waals surface area contributed by atoms with Crippen LogP contribution in [0.1, 0.15) is 33.3 Å². The van der Waals surface area contributed by atoms with Crippen molar-refractivity contribution in [2.45, 2.75) is 40.3 Å². The Morgan fingerprint density at radius 3 is 2.52 bits per heavy atom. The minimum Gasteiger partial charge on any atom is -0.493 e. The molecule has 0 radical (unpaired) electrons. The number of ether oxygens (including phenoxy) is 1. The summed E-state index contributed by atoms with van der Waals surface area (Å²) in [7, 11) is 1.78. The molecule has 5 heteroatoms. The highest BCUT2D eigenvalue weighted by Gasteiger charge is 2.02. The first kappa shape index (κ1) is 20.0. The van der Waals surface area contributed by atoms with Gasteiger partial charge in [-0.1, -0.05) is 26.0 Å². The summed E-state index contributed by atoms with van der Waals surface area (Å²) < 4.78 is 5.73. The van der Waals surface area contributed by atoms with E-state index in [2.05, 4.69) is 55.5 Å². The summed E-state index contributed by atoms with van der Waals surface area (Å²) in [6.45, 7) is 9.94. The van der Waals surface area contributed by atoms with E-state index >= 15 is 0 Å². The standard InChI is InChI=1S/C16H27N3O.HI/c1-12(2)11-20-15-8-6-7-14(9-15)10-18-16(17-5)19-13(3)4;/h6-9,12-13H,10-11H2,1-5H3,(H2,17,18,19);1H. The van der Waals surface area contributed by atoms with Crippen LogP contribution >= 0.6 is 24.0 Å². The van der Waals surface area contributed by atoms with Gasteiger partial charge in [0.25, 0.3) is 0 Å². The number of rotatable bonds is 6. The minimum atomic E-state index is 0. The molecule has 0 aliphatic rings. The van der Waals surface area contributed by atoms with Gasteiger partial charge in [-0.2, -0.15) is 0 Å². The molecule has 0 heterocycles. The third-order valence-electron chi connectivity index (χ3n) is 2.59. The number of halogens is 1. The van der Waals surface area contributed by atoms with Crippen molar-refractivity contribution in [1.29, 1.82) is 0 Å². The maximum absolute atomic E-state index is 5.73. The fourth-order valence-corrected chi connectivity index (χ4v) is 1.66. The van der Waals surface area contributed by atoms with Gasteiger partial charge in [0.2, 0.25) is 0 Å². The Hall–Kier alpha value is -0.980. The van der Waals surface area contributed by atoms with Gasteiger partial charge in [0.15, 0.2) is 5.96 Å². The van der Waals surface area contributed by atoms with Gasteiger partial charge in [-0.15, -0.1) is 24.0 Å². The summed E-state index contributed by atoms with van der Waals surface area (Å²) in [6, 6.07) is 8.52. The zero-order valence-electron chi connectivity index (χ0n) is 13.6. The second-order valence-electron chi connectivity index (χ2n) is 5.58. The molecule has 0 amide bonds. The quantitative estimate of drug-likeness (QED) is 0.433. The number of hydrogen-bond donors (Lipinski definition) is 2. The van der Waals surface area contributed by atoms with Crippen LogP contribution in [0.2, 0.25) is 0 Å². The monoisotopic (exact) mass is 405 g/mol. The Kier molecular flexibility index (Phi) is 10.2. The summed E-state index contributed by atoms with van der Waals surface area (Å²) >= 11 is 0. The molecule has 120 valence electrons. The summed E-state index contributed by atoms with van der Waals surface area (Å²) in [5, 5.41) is 6.55. The van der Waals surface area contributed by atoms with Crippen molar-refractivity contribution < 1.29 is 4.74 Å². The third-order valence-corrected chi connectivity index (χ3v) is 2.59. The van der Waals surface area contributed by atoms with E-state index in [0.29, 0.717) is 12.0 Å². The Morgan fingerprint density at radius 1 is 1.24 bits per heavy atom. The van der Waals surface area contributed by atoms with Crippen molar-refractivity contribution in [3.8, 4) is 5.75 Å². The fourth-order valence-electron chi connectivity index (χ4n) is 1.66. The van der Waals surface area contributed by atoms with E-state index in [1.165, 1.54) is 5.56 Å². The number of nitrogens with zero attached hydrogens (tertiary/aromatic N) is 1. The molecule has 2 N–H and O–H groups in total. The van der Waals surface area contributed by atoms with Crippen molar-refractivity contribution in [2.24, 2.45) is 10.9 Å². The molecule has 0 aliphatic heterocycles. The molecule has 0 bridgehead atoms.